The summed E-state index contributed by atoms with van der Waals surface area (Å²) >= 11 is 0. The van der Waals surface area contributed by atoms with E-state index in [1.54, 1.807) is 0 Å². The Kier molecular flexibility index (Phi) is 4.59. The molecule has 114 valence electrons. The number of hydrogen-bond acceptors (Lipinski definition) is 2. The van der Waals surface area contributed by atoms with Crippen molar-refractivity contribution in [1.82, 2.24) is 5.32 Å². The molecule has 3 heteroatoms. The largest absolute Gasteiger partial charge is 0.325 e. The summed E-state index contributed by atoms with van der Waals surface area (Å²) < 4.78 is 0. The highest BCUT2D eigenvalue weighted by Gasteiger charge is 2.37. The van der Waals surface area contributed by atoms with E-state index in [0.29, 0.717) is 5.92 Å². The Bertz CT molecular complexity index is 476. The molecule has 1 aromatic rings. The Morgan fingerprint density at radius 1 is 1.10 bits per heavy atom. The number of amides is 1. The highest BCUT2D eigenvalue weighted by molar-refractivity contribution is 5.95. The van der Waals surface area contributed by atoms with Gasteiger partial charge < -0.3 is 10.6 Å². The lowest BCUT2D eigenvalue weighted by molar-refractivity contribution is -0.119. The van der Waals surface area contributed by atoms with E-state index in [1.807, 2.05) is 24.3 Å². The lowest BCUT2D eigenvalue weighted by Gasteiger charge is -2.30. The highest BCUT2D eigenvalue weighted by Crippen LogP contribution is 2.36. The molecule has 2 fully saturated rings. The first-order valence-corrected chi connectivity index (χ1v) is 8.35. The molecule has 21 heavy (non-hydrogen) atoms. The van der Waals surface area contributed by atoms with Crippen LogP contribution in [0.3, 0.4) is 0 Å². The molecule has 0 spiro atoms. The van der Waals surface area contributed by atoms with E-state index in [2.05, 4.69) is 17.6 Å². The van der Waals surface area contributed by atoms with Crippen LogP contribution < -0.4 is 10.6 Å². The van der Waals surface area contributed by atoms with Crippen LogP contribution in [0.5, 0.6) is 0 Å². The van der Waals surface area contributed by atoms with Crippen molar-refractivity contribution in [1.29, 1.82) is 0 Å². The van der Waals surface area contributed by atoms with Crippen LogP contribution in [0.25, 0.3) is 0 Å². The number of hydrogen-bond donors (Lipinski definition) is 2. The van der Waals surface area contributed by atoms with E-state index in [4.69, 9.17) is 0 Å². The summed E-state index contributed by atoms with van der Waals surface area (Å²) in [5, 5.41) is 6.50. The second-order valence-corrected chi connectivity index (χ2v) is 6.64. The monoisotopic (exact) mass is 286 g/mol. The standard InChI is InChI=1S/C18H26N2O/c1-13-7-9-15(10-8-13)20-18(21)17-16(11-12-19-17)14-5-3-2-4-6-14/h7-10,14,16-17,19H,2-6,11-12H2,1H3,(H,20,21). The van der Waals surface area contributed by atoms with E-state index in [9.17, 15) is 4.79 Å². The van der Waals surface area contributed by atoms with Crippen molar-refractivity contribution in [3.63, 3.8) is 0 Å². The zero-order valence-corrected chi connectivity index (χ0v) is 12.9. The van der Waals surface area contributed by atoms with Crippen LogP contribution in [0, 0.1) is 18.8 Å². The molecule has 1 amide bonds. The number of carbonyl (C=O) groups is 1. The van der Waals surface area contributed by atoms with Crippen LogP contribution in [0.15, 0.2) is 24.3 Å². The minimum absolute atomic E-state index is 0.00518. The Morgan fingerprint density at radius 3 is 2.52 bits per heavy atom. The summed E-state index contributed by atoms with van der Waals surface area (Å²) in [6.45, 7) is 3.04. The number of benzene rings is 1. The van der Waals surface area contributed by atoms with Crippen LogP contribution in [0.4, 0.5) is 5.69 Å². The smallest absolute Gasteiger partial charge is 0.241 e. The average molecular weight is 286 g/mol. The maximum absolute atomic E-state index is 12.6. The Morgan fingerprint density at radius 2 is 1.81 bits per heavy atom. The topological polar surface area (TPSA) is 41.1 Å². The summed E-state index contributed by atoms with van der Waals surface area (Å²) in [6.07, 6.45) is 7.82. The van der Waals surface area contributed by atoms with Crippen LogP contribution >= 0.6 is 0 Å². The van der Waals surface area contributed by atoms with Gasteiger partial charge in [-0.05, 0) is 43.9 Å². The number of carbonyl (C=O) groups excluding carboxylic acids is 1. The van der Waals surface area contributed by atoms with Crippen molar-refractivity contribution in [3.05, 3.63) is 29.8 Å². The fourth-order valence-electron chi connectivity index (χ4n) is 3.94. The molecule has 2 unspecified atom stereocenters. The minimum atomic E-state index is -0.00518. The van der Waals surface area contributed by atoms with Crippen molar-refractivity contribution in [2.24, 2.45) is 11.8 Å². The van der Waals surface area contributed by atoms with Crippen molar-refractivity contribution in [2.45, 2.75) is 51.5 Å². The van der Waals surface area contributed by atoms with Crippen molar-refractivity contribution < 1.29 is 4.79 Å². The maximum atomic E-state index is 12.6. The van der Waals surface area contributed by atoms with E-state index < -0.39 is 0 Å². The van der Waals surface area contributed by atoms with Gasteiger partial charge in [0.05, 0.1) is 6.04 Å². The van der Waals surface area contributed by atoms with Gasteiger partial charge in [-0.15, -0.1) is 0 Å². The van der Waals surface area contributed by atoms with Gasteiger partial charge in [-0.25, -0.2) is 0 Å². The lowest BCUT2D eigenvalue weighted by Crippen LogP contribution is -2.42. The highest BCUT2D eigenvalue weighted by atomic mass is 16.2. The summed E-state index contributed by atoms with van der Waals surface area (Å²) in [6, 6.07) is 8.04. The first-order valence-electron chi connectivity index (χ1n) is 8.35. The Balaban J connectivity index is 1.63. The summed E-state index contributed by atoms with van der Waals surface area (Å²) in [4.78, 5) is 12.6. The lowest BCUT2D eigenvalue weighted by atomic mass is 9.76. The molecule has 3 nitrogen and oxygen atoms in total. The first kappa shape index (κ1) is 14.6. The molecule has 0 radical (unpaired) electrons. The third kappa shape index (κ3) is 3.46. The van der Waals surface area contributed by atoms with Crippen molar-refractivity contribution in [3.8, 4) is 0 Å². The molecular formula is C18H26N2O. The zero-order chi connectivity index (χ0) is 14.7. The summed E-state index contributed by atoms with van der Waals surface area (Å²) in [7, 11) is 0. The average Bonchev–Trinajstić information content (AvgIpc) is 3.00. The van der Waals surface area contributed by atoms with Gasteiger partial charge in [-0.2, -0.15) is 0 Å². The van der Waals surface area contributed by atoms with Gasteiger partial charge in [0.2, 0.25) is 5.91 Å². The summed E-state index contributed by atoms with van der Waals surface area (Å²) in [5.74, 6) is 1.41. The Hall–Kier alpha value is -1.35. The molecule has 2 aliphatic rings. The second-order valence-electron chi connectivity index (χ2n) is 6.64. The van der Waals surface area contributed by atoms with Crippen molar-refractivity contribution in [2.75, 3.05) is 11.9 Å². The number of aryl methyl sites for hydroxylation is 1. The number of nitrogens with one attached hydrogen (secondary N) is 2. The molecule has 1 heterocycles. The minimum Gasteiger partial charge on any atom is -0.325 e. The van der Waals surface area contributed by atoms with Gasteiger partial charge in [0.15, 0.2) is 0 Å². The molecule has 2 N–H and O–H groups in total. The fourth-order valence-corrected chi connectivity index (χ4v) is 3.94. The maximum Gasteiger partial charge on any atom is 0.241 e. The van der Waals surface area contributed by atoms with Crippen LogP contribution in [-0.2, 0) is 4.79 Å². The second kappa shape index (κ2) is 6.61. The molecule has 1 aliphatic carbocycles. The van der Waals surface area contributed by atoms with Gasteiger partial charge in [0, 0.05) is 5.69 Å². The number of rotatable bonds is 3. The normalized spacial score (nSPS) is 26.7. The Labute approximate surface area is 127 Å². The molecule has 2 atom stereocenters. The van der Waals surface area contributed by atoms with Crippen LogP contribution in [0.2, 0.25) is 0 Å². The molecule has 1 aromatic carbocycles. The molecule has 1 aliphatic heterocycles. The molecule has 3 rings (SSSR count). The van der Waals surface area contributed by atoms with Crippen LogP contribution in [0.1, 0.15) is 44.1 Å². The van der Waals surface area contributed by atoms with E-state index in [0.717, 1.165) is 24.6 Å². The SMILES string of the molecule is Cc1ccc(NC(=O)C2NCCC2C2CCCCC2)cc1. The molecule has 1 saturated carbocycles. The fraction of sp³-hybridized carbons (Fsp3) is 0.611. The molecular weight excluding hydrogens is 260 g/mol. The predicted molar refractivity (Wildman–Crippen MR) is 86.3 cm³/mol. The quantitative estimate of drug-likeness (QED) is 0.893. The van der Waals surface area contributed by atoms with Gasteiger partial charge in [-0.1, -0.05) is 49.8 Å². The first-order chi connectivity index (χ1) is 10.2. The number of anilines is 1. The van der Waals surface area contributed by atoms with Gasteiger partial charge >= 0.3 is 0 Å². The van der Waals surface area contributed by atoms with Gasteiger partial charge in [0.25, 0.3) is 0 Å². The van der Waals surface area contributed by atoms with Crippen LogP contribution in [-0.4, -0.2) is 18.5 Å². The van der Waals surface area contributed by atoms with Crippen molar-refractivity contribution >= 4 is 11.6 Å². The molecule has 0 aromatic heterocycles. The van der Waals surface area contributed by atoms with E-state index in [1.165, 1.54) is 37.7 Å². The van der Waals surface area contributed by atoms with E-state index in [-0.39, 0.29) is 11.9 Å². The van der Waals surface area contributed by atoms with Gasteiger partial charge in [-0.3, -0.25) is 4.79 Å². The predicted octanol–water partition coefficient (Wildman–Crippen LogP) is 3.49. The summed E-state index contributed by atoms with van der Waals surface area (Å²) in [5.41, 5.74) is 2.12. The molecule has 1 saturated heterocycles. The molecule has 0 bridgehead atoms. The van der Waals surface area contributed by atoms with E-state index >= 15 is 0 Å². The van der Waals surface area contributed by atoms with Gasteiger partial charge in [0.1, 0.15) is 0 Å². The zero-order valence-electron chi connectivity index (χ0n) is 12.9. The third-order valence-corrected chi connectivity index (χ3v) is 5.13. The third-order valence-electron chi connectivity index (χ3n) is 5.13.